The minimum Gasteiger partial charge on any atom is -0.497 e. The highest BCUT2D eigenvalue weighted by Gasteiger charge is 2.49. The van der Waals surface area contributed by atoms with E-state index >= 15 is 0 Å². The number of nitrogens with zero attached hydrogens (tertiary/aromatic N) is 3. The smallest absolute Gasteiger partial charge is 0.259 e. The summed E-state index contributed by atoms with van der Waals surface area (Å²) in [7, 11) is 3.15. The van der Waals surface area contributed by atoms with Crippen LogP contribution in [0.15, 0.2) is 42.6 Å². The van der Waals surface area contributed by atoms with Gasteiger partial charge in [-0.15, -0.1) is 0 Å². The molecule has 0 radical (unpaired) electrons. The van der Waals surface area contributed by atoms with Crippen molar-refractivity contribution >= 4 is 11.8 Å². The van der Waals surface area contributed by atoms with Crippen molar-refractivity contribution in [2.24, 2.45) is 5.41 Å². The van der Waals surface area contributed by atoms with Gasteiger partial charge in [-0.2, -0.15) is 0 Å². The third-order valence-electron chi connectivity index (χ3n) is 6.17. The van der Waals surface area contributed by atoms with Crippen LogP contribution >= 0.6 is 0 Å². The van der Waals surface area contributed by atoms with Crippen LogP contribution in [0.3, 0.4) is 0 Å². The Hall–Kier alpha value is -3.09. The molecule has 2 saturated heterocycles. The van der Waals surface area contributed by atoms with Crippen LogP contribution in [0.4, 0.5) is 0 Å². The molecule has 7 heteroatoms. The lowest BCUT2D eigenvalue weighted by Gasteiger charge is -2.39. The lowest BCUT2D eigenvalue weighted by Crippen LogP contribution is -2.50. The predicted molar refractivity (Wildman–Crippen MR) is 111 cm³/mol. The highest BCUT2D eigenvalue weighted by atomic mass is 16.5. The number of piperidine rings is 1. The highest BCUT2D eigenvalue weighted by molar-refractivity contribution is 5.97. The topological polar surface area (TPSA) is 72.0 Å². The van der Waals surface area contributed by atoms with Gasteiger partial charge >= 0.3 is 0 Å². The summed E-state index contributed by atoms with van der Waals surface area (Å²) in [6.07, 6.45) is 4.04. The molecule has 0 saturated carbocycles. The van der Waals surface area contributed by atoms with E-state index < -0.39 is 5.41 Å². The maximum absolute atomic E-state index is 13.5. The summed E-state index contributed by atoms with van der Waals surface area (Å²) in [6.45, 7) is 2.30. The Kier molecular flexibility index (Phi) is 5.61. The van der Waals surface area contributed by atoms with Crippen molar-refractivity contribution in [1.29, 1.82) is 0 Å². The number of aromatic nitrogens is 1. The van der Waals surface area contributed by atoms with Gasteiger partial charge in [-0.05, 0) is 49.1 Å². The number of rotatable bonds is 5. The van der Waals surface area contributed by atoms with E-state index in [1.807, 2.05) is 29.2 Å². The first-order valence-electron chi connectivity index (χ1n) is 10.3. The number of amides is 2. The zero-order valence-corrected chi connectivity index (χ0v) is 17.5. The van der Waals surface area contributed by atoms with E-state index in [4.69, 9.17) is 9.47 Å². The molecule has 2 aliphatic rings. The summed E-state index contributed by atoms with van der Waals surface area (Å²) in [4.78, 5) is 34.3. The van der Waals surface area contributed by atoms with E-state index in [9.17, 15) is 9.59 Å². The molecule has 4 rings (SSSR count). The molecule has 1 aromatic heterocycles. The third-order valence-corrected chi connectivity index (χ3v) is 6.17. The van der Waals surface area contributed by atoms with Crippen LogP contribution in [-0.2, 0) is 11.3 Å². The second-order valence-corrected chi connectivity index (χ2v) is 8.00. The molecule has 0 unspecified atom stereocenters. The summed E-state index contributed by atoms with van der Waals surface area (Å²) in [5.74, 6) is 1.12. The van der Waals surface area contributed by atoms with E-state index in [1.165, 1.54) is 7.11 Å². The van der Waals surface area contributed by atoms with Crippen LogP contribution in [0.25, 0.3) is 0 Å². The van der Waals surface area contributed by atoms with Gasteiger partial charge in [-0.1, -0.05) is 12.1 Å². The van der Waals surface area contributed by atoms with Crippen molar-refractivity contribution in [2.75, 3.05) is 33.9 Å². The van der Waals surface area contributed by atoms with Gasteiger partial charge in [-0.3, -0.25) is 9.59 Å². The fourth-order valence-corrected chi connectivity index (χ4v) is 4.61. The average molecular weight is 409 g/mol. The van der Waals surface area contributed by atoms with E-state index in [0.717, 1.165) is 30.7 Å². The number of ether oxygens (including phenoxy) is 2. The molecule has 0 aliphatic carbocycles. The van der Waals surface area contributed by atoms with Crippen molar-refractivity contribution in [1.82, 2.24) is 14.8 Å². The Balaban J connectivity index is 1.49. The van der Waals surface area contributed by atoms with Crippen molar-refractivity contribution in [2.45, 2.75) is 25.8 Å². The molecular formula is C23H27N3O4. The van der Waals surface area contributed by atoms with Crippen LogP contribution in [-0.4, -0.2) is 60.5 Å². The van der Waals surface area contributed by atoms with Crippen LogP contribution in [0.1, 0.15) is 35.2 Å². The minimum absolute atomic E-state index is 0.130. The van der Waals surface area contributed by atoms with Crippen LogP contribution in [0.2, 0.25) is 0 Å². The second kappa shape index (κ2) is 8.34. The number of benzene rings is 1. The Morgan fingerprint density at radius 2 is 2.00 bits per heavy atom. The molecule has 7 nitrogen and oxygen atoms in total. The first-order chi connectivity index (χ1) is 14.6. The molecule has 0 bridgehead atoms. The van der Waals surface area contributed by atoms with E-state index in [0.29, 0.717) is 37.5 Å². The van der Waals surface area contributed by atoms with Gasteiger partial charge in [-0.25, -0.2) is 4.98 Å². The molecule has 2 aromatic rings. The quantitative estimate of drug-likeness (QED) is 0.759. The number of pyridine rings is 1. The molecule has 3 heterocycles. The summed E-state index contributed by atoms with van der Waals surface area (Å²) in [5, 5.41) is 0. The lowest BCUT2D eigenvalue weighted by atomic mass is 9.78. The first kappa shape index (κ1) is 20.2. The molecule has 2 aliphatic heterocycles. The molecule has 0 N–H and O–H groups in total. The second-order valence-electron chi connectivity index (χ2n) is 8.00. The summed E-state index contributed by atoms with van der Waals surface area (Å²) >= 11 is 0. The van der Waals surface area contributed by atoms with Gasteiger partial charge in [0, 0.05) is 32.4 Å². The van der Waals surface area contributed by atoms with Gasteiger partial charge in [0.05, 0.1) is 19.6 Å². The minimum atomic E-state index is -0.498. The normalized spacial score (nSPS) is 21.2. The van der Waals surface area contributed by atoms with Crippen molar-refractivity contribution in [3.8, 4) is 11.6 Å². The first-order valence-corrected chi connectivity index (χ1v) is 10.3. The maximum Gasteiger partial charge on any atom is 0.259 e. The van der Waals surface area contributed by atoms with Gasteiger partial charge in [0.25, 0.3) is 5.91 Å². The van der Waals surface area contributed by atoms with Crippen molar-refractivity contribution < 1.29 is 19.1 Å². The number of methoxy groups -OCH3 is 2. The Bertz CT molecular complexity index is 948. The van der Waals surface area contributed by atoms with Gasteiger partial charge in [0.2, 0.25) is 11.8 Å². The van der Waals surface area contributed by atoms with E-state index in [1.54, 1.807) is 30.3 Å². The molecule has 1 aromatic carbocycles. The van der Waals surface area contributed by atoms with Gasteiger partial charge < -0.3 is 19.3 Å². The molecular weight excluding hydrogens is 382 g/mol. The molecule has 2 amide bonds. The number of hydrogen-bond acceptors (Lipinski definition) is 5. The van der Waals surface area contributed by atoms with Gasteiger partial charge in [0.1, 0.15) is 11.3 Å². The van der Waals surface area contributed by atoms with Crippen molar-refractivity contribution in [3.63, 3.8) is 0 Å². The third kappa shape index (κ3) is 3.72. The summed E-state index contributed by atoms with van der Waals surface area (Å²) in [6, 6.07) is 11.3. The molecule has 1 spiro atoms. The fourth-order valence-electron chi connectivity index (χ4n) is 4.61. The zero-order chi connectivity index (χ0) is 21.1. The monoisotopic (exact) mass is 409 g/mol. The largest absolute Gasteiger partial charge is 0.497 e. The molecule has 158 valence electrons. The number of carbonyl (C=O) groups is 2. The number of likely N-dealkylation sites (tertiary alicyclic amines) is 2. The molecule has 1 atom stereocenters. The van der Waals surface area contributed by atoms with Crippen LogP contribution in [0.5, 0.6) is 11.6 Å². The Morgan fingerprint density at radius 1 is 1.13 bits per heavy atom. The molecule has 30 heavy (non-hydrogen) atoms. The van der Waals surface area contributed by atoms with Crippen LogP contribution in [0, 0.1) is 5.41 Å². The van der Waals surface area contributed by atoms with Crippen molar-refractivity contribution in [3.05, 3.63) is 53.7 Å². The lowest BCUT2D eigenvalue weighted by molar-refractivity contribution is -0.146. The van der Waals surface area contributed by atoms with Gasteiger partial charge in [0.15, 0.2) is 0 Å². The zero-order valence-electron chi connectivity index (χ0n) is 17.5. The maximum atomic E-state index is 13.5. The highest BCUT2D eigenvalue weighted by Crippen LogP contribution is 2.41. The Labute approximate surface area is 176 Å². The number of hydrogen-bond donors (Lipinski definition) is 0. The molecule has 2 fully saturated rings. The predicted octanol–water partition coefficient (Wildman–Crippen LogP) is 2.75. The average Bonchev–Trinajstić information content (AvgIpc) is 3.21. The summed E-state index contributed by atoms with van der Waals surface area (Å²) in [5.41, 5.74) is 0.988. The van der Waals surface area contributed by atoms with E-state index in [2.05, 4.69) is 4.98 Å². The van der Waals surface area contributed by atoms with Crippen LogP contribution < -0.4 is 9.47 Å². The standard InChI is InChI=1S/C23H27N3O4/c1-29-18-7-3-6-17(14-18)15-25-12-5-9-23(22(25)28)10-13-26(16-23)21(27)19-8-4-11-24-20(19)30-2/h3-4,6-8,11,14H,5,9-10,12-13,15-16H2,1-2H3/t23-/m0/s1. The number of carbonyl (C=O) groups excluding carboxylic acids is 2. The van der Waals surface area contributed by atoms with E-state index in [-0.39, 0.29) is 11.8 Å². The SMILES string of the molecule is COc1cccc(CN2CCC[C@@]3(CCN(C(=O)c4cccnc4OC)C3)C2=O)c1. The fraction of sp³-hybridized carbons (Fsp3) is 0.435. The summed E-state index contributed by atoms with van der Waals surface area (Å²) < 4.78 is 10.5. The Morgan fingerprint density at radius 3 is 2.80 bits per heavy atom.